The number of ether oxygens (including phenoxy) is 1. The van der Waals surface area contributed by atoms with E-state index in [0.29, 0.717) is 41.2 Å². The summed E-state index contributed by atoms with van der Waals surface area (Å²) in [6.45, 7) is 0.0276. The number of carbonyl (C=O) groups is 2. The molecule has 1 heterocycles. The summed E-state index contributed by atoms with van der Waals surface area (Å²) in [6.07, 6.45) is 1.70. The first kappa shape index (κ1) is 25.3. The highest BCUT2D eigenvalue weighted by Gasteiger charge is 2.27. The maximum absolute atomic E-state index is 13.2. The molecule has 0 saturated carbocycles. The van der Waals surface area contributed by atoms with Gasteiger partial charge in [-0.15, -0.1) is 0 Å². The number of sulfonamides is 1. The number of hydrogen-bond donors (Lipinski definition) is 1. The number of hydrogen-bond acceptors (Lipinski definition) is 5. The molecule has 4 rings (SSSR count). The second-order valence-electron chi connectivity index (χ2n) is 8.48. The Bertz CT molecular complexity index is 1380. The second kappa shape index (κ2) is 10.5. The van der Waals surface area contributed by atoms with E-state index < -0.39 is 28.3 Å². The third-order valence-electron chi connectivity index (χ3n) is 5.91. The van der Waals surface area contributed by atoms with Gasteiger partial charge in [0.2, 0.25) is 15.9 Å². The molecule has 2 amide bonds. The summed E-state index contributed by atoms with van der Waals surface area (Å²) in [7, 11) is -2.15. The molecule has 1 N–H and O–H groups in total. The van der Waals surface area contributed by atoms with Crippen LogP contribution in [0.4, 0.5) is 15.8 Å². The average molecular weight is 512 g/mol. The minimum atomic E-state index is -3.71. The molecular weight excluding hydrogens is 485 g/mol. The molecule has 3 aromatic rings. The molecular formula is C26H26FN3O5S. The minimum Gasteiger partial charge on any atom is -0.497 e. The molecule has 0 radical (unpaired) electrons. The van der Waals surface area contributed by atoms with E-state index >= 15 is 0 Å². The quantitative estimate of drug-likeness (QED) is 0.500. The SMILES string of the molecule is COc1ccc(C(=O)N2CCc3ccc(NC(=O)CN(Cc4ccc(F)cc4)S(C)(=O)=O)cc32)cc1. The van der Waals surface area contributed by atoms with E-state index in [4.69, 9.17) is 4.74 Å². The molecule has 1 aliphatic rings. The summed E-state index contributed by atoms with van der Waals surface area (Å²) in [5.74, 6) is -0.476. The highest BCUT2D eigenvalue weighted by Crippen LogP contribution is 2.32. The molecule has 188 valence electrons. The monoisotopic (exact) mass is 511 g/mol. The third-order valence-corrected chi connectivity index (χ3v) is 7.10. The third kappa shape index (κ3) is 5.89. The molecule has 0 spiro atoms. The summed E-state index contributed by atoms with van der Waals surface area (Å²) in [5, 5.41) is 2.72. The zero-order chi connectivity index (χ0) is 25.9. The van der Waals surface area contributed by atoms with Crippen LogP contribution in [0.2, 0.25) is 0 Å². The van der Waals surface area contributed by atoms with E-state index in [2.05, 4.69) is 5.32 Å². The number of halogens is 1. The topological polar surface area (TPSA) is 96.0 Å². The predicted molar refractivity (Wildman–Crippen MR) is 135 cm³/mol. The average Bonchev–Trinajstić information content (AvgIpc) is 3.27. The standard InChI is InChI=1S/C26H26FN3O5S/c1-35-23-11-6-20(7-12-23)26(32)30-14-13-19-5-10-22(15-24(19)30)28-25(31)17-29(36(2,33)34)16-18-3-8-21(27)9-4-18/h3-12,15H,13-14,16-17H2,1-2H3,(H,28,31). The number of methoxy groups -OCH3 is 1. The Kier molecular flexibility index (Phi) is 7.37. The fourth-order valence-electron chi connectivity index (χ4n) is 4.00. The smallest absolute Gasteiger partial charge is 0.258 e. The van der Waals surface area contributed by atoms with Crippen molar-refractivity contribution in [1.29, 1.82) is 0 Å². The molecule has 0 unspecified atom stereocenters. The lowest BCUT2D eigenvalue weighted by atomic mass is 10.1. The van der Waals surface area contributed by atoms with Crippen molar-refractivity contribution in [1.82, 2.24) is 4.31 Å². The van der Waals surface area contributed by atoms with Gasteiger partial charge in [-0.25, -0.2) is 12.8 Å². The van der Waals surface area contributed by atoms with Gasteiger partial charge in [0.25, 0.3) is 5.91 Å². The Morgan fingerprint density at radius 2 is 1.75 bits per heavy atom. The number of nitrogens with one attached hydrogen (secondary N) is 1. The predicted octanol–water partition coefficient (Wildman–Crippen LogP) is 3.44. The maximum atomic E-state index is 13.2. The first-order chi connectivity index (χ1) is 17.1. The van der Waals surface area contributed by atoms with Crippen LogP contribution in [-0.4, -0.2) is 51.0 Å². The lowest BCUT2D eigenvalue weighted by Gasteiger charge is -2.20. The summed E-state index contributed by atoms with van der Waals surface area (Å²) < 4.78 is 43.9. The van der Waals surface area contributed by atoms with E-state index in [0.717, 1.165) is 16.1 Å². The van der Waals surface area contributed by atoms with Gasteiger partial charge in [0.15, 0.2) is 0 Å². The first-order valence-corrected chi connectivity index (χ1v) is 13.1. The van der Waals surface area contributed by atoms with Gasteiger partial charge >= 0.3 is 0 Å². The van der Waals surface area contributed by atoms with Crippen molar-refractivity contribution >= 4 is 33.2 Å². The Balaban J connectivity index is 1.47. The van der Waals surface area contributed by atoms with Crippen LogP contribution in [0.25, 0.3) is 0 Å². The number of carbonyl (C=O) groups excluding carboxylic acids is 2. The van der Waals surface area contributed by atoms with Crippen molar-refractivity contribution in [3.05, 3.63) is 89.2 Å². The molecule has 3 aromatic carbocycles. The minimum absolute atomic E-state index is 0.0686. The number of benzene rings is 3. The summed E-state index contributed by atoms with van der Waals surface area (Å²) in [4.78, 5) is 27.5. The van der Waals surface area contributed by atoms with Crippen molar-refractivity contribution < 1.29 is 27.1 Å². The fourth-order valence-corrected chi connectivity index (χ4v) is 4.74. The van der Waals surface area contributed by atoms with Crippen LogP contribution in [0.3, 0.4) is 0 Å². The molecule has 0 aliphatic carbocycles. The molecule has 36 heavy (non-hydrogen) atoms. The van der Waals surface area contributed by atoms with Crippen molar-refractivity contribution in [3.8, 4) is 5.75 Å². The highest BCUT2D eigenvalue weighted by molar-refractivity contribution is 7.88. The summed E-state index contributed by atoms with van der Waals surface area (Å²) in [5.41, 5.74) is 3.19. The molecule has 0 aromatic heterocycles. The van der Waals surface area contributed by atoms with E-state index in [1.807, 2.05) is 6.07 Å². The largest absolute Gasteiger partial charge is 0.497 e. The van der Waals surface area contributed by atoms with Gasteiger partial charge in [0, 0.05) is 30.0 Å². The Labute approximate surface area is 209 Å². The number of amides is 2. The molecule has 8 nitrogen and oxygen atoms in total. The number of nitrogens with zero attached hydrogens (tertiary/aromatic N) is 2. The Morgan fingerprint density at radius 1 is 1.06 bits per heavy atom. The Hall–Kier alpha value is -3.76. The van der Waals surface area contributed by atoms with Crippen LogP contribution in [0.15, 0.2) is 66.7 Å². The van der Waals surface area contributed by atoms with Crippen molar-refractivity contribution in [2.24, 2.45) is 0 Å². The second-order valence-corrected chi connectivity index (χ2v) is 10.5. The number of fused-ring (bicyclic) bond motifs is 1. The summed E-state index contributed by atoms with van der Waals surface area (Å²) >= 11 is 0. The van der Waals surface area contributed by atoms with Crippen LogP contribution < -0.4 is 15.0 Å². The van der Waals surface area contributed by atoms with Gasteiger partial charge in [-0.3, -0.25) is 9.59 Å². The number of anilines is 2. The van der Waals surface area contributed by atoms with Gasteiger partial charge in [-0.1, -0.05) is 18.2 Å². The van der Waals surface area contributed by atoms with Crippen LogP contribution >= 0.6 is 0 Å². The van der Waals surface area contributed by atoms with E-state index in [9.17, 15) is 22.4 Å². The van der Waals surface area contributed by atoms with E-state index in [-0.39, 0.29) is 12.5 Å². The number of rotatable bonds is 8. The molecule has 10 heteroatoms. The maximum Gasteiger partial charge on any atom is 0.258 e. The highest BCUT2D eigenvalue weighted by atomic mass is 32.2. The van der Waals surface area contributed by atoms with Crippen LogP contribution in [0.1, 0.15) is 21.5 Å². The van der Waals surface area contributed by atoms with Crippen molar-refractivity contribution in [2.75, 3.05) is 36.7 Å². The zero-order valence-electron chi connectivity index (χ0n) is 19.9. The van der Waals surface area contributed by atoms with Gasteiger partial charge in [-0.2, -0.15) is 4.31 Å². The molecule has 0 atom stereocenters. The van der Waals surface area contributed by atoms with Gasteiger partial charge in [0.05, 0.1) is 19.9 Å². The zero-order valence-corrected chi connectivity index (χ0v) is 20.7. The lowest BCUT2D eigenvalue weighted by molar-refractivity contribution is -0.116. The summed E-state index contributed by atoms with van der Waals surface area (Å²) in [6, 6.07) is 17.5. The van der Waals surface area contributed by atoms with E-state index in [1.165, 1.54) is 24.3 Å². The molecule has 0 fully saturated rings. The fraction of sp³-hybridized carbons (Fsp3) is 0.231. The Morgan fingerprint density at radius 3 is 2.39 bits per heavy atom. The lowest BCUT2D eigenvalue weighted by Crippen LogP contribution is -2.37. The van der Waals surface area contributed by atoms with Crippen LogP contribution in [-0.2, 0) is 27.8 Å². The van der Waals surface area contributed by atoms with Crippen LogP contribution in [0.5, 0.6) is 5.75 Å². The van der Waals surface area contributed by atoms with Crippen molar-refractivity contribution in [2.45, 2.75) is 13.0 Å². The molecule has 0 bridgehead atoms. The van der Waals surface area contributed by atoms with Crippen LogP contribution in [0, 0.1) is 5.82 Å². The van der Waals surface area contributed by atoms with Gasteiger partial charge in [-0.05, 0) is 66.1 Å². The van der Waals surface area contributed by atoms with Gasteiger partial charge < -0.3 is 15.0 Å². The van der Waals surface area contributed by atoms with E-state index in [1.54, 1.807) is 48.4 Å². The normalized spacial score (nSPS) is 12.9. The molecule has 0 saturated heterocycles. The first-order valence-electron chi connectivity index (χ1n) is 11.2. The molecule has 1 aliphatic heterocycles. The van der Waals surface area contributed by atoms with Gasteiger partial charge in [0.1, 0.15) is 11.6 Å². The van der Waals surface area contributed by atoms with Crippen molar-refractivity contribution in [3.63, 3.8) is 0 Å².